The van der Waals surface area contributed by atoms with Crippen molar-refractivity contribution in [2.24, 2.45) is 7.05 Å². The van der Waals surface area contributed by atoms with E-state index in [1.54, 1.807) is 35.4 Å². The quantitative estimate of drug-likeness (QED) is 0.710. The number of fused-ring (bicyclic) bond motifs is 1. The molecule has 28 heavy (non-hydrogen) atoms. The first kappa shape index (κ1) is 18.3. The second kappa shape index (κ2) is 7.51. The zero-order valence-corrected chi connectivity index (χ0v) is 16.3. The van der Waals surface area contributed by atoms with E-state index in [1.165, 1.54) is 11.8 Å². The standard InChI is InChI=1S/C19H19N5O3S/c1-12-21-22-17(23(12)2)10-24-15-8-13(5-6-16(15)28-11-18(24)25)19(26)20-9-14-4-3-7-27-14/h3-8H,9-11H2,1-2H3,(H,20,26). The third-order valence-electron chi connectivity index (χ3n) is 4.65. The zero-order chi connectivity index (χ0) is 19.7. The molecule has 1 aromatic carbocycles. The number of nitrogens with one attached hydrogen (secondary N) is 1. The molecule has 0 atom stereocenters. The van der Waals surface area contributed by atoms with Gasteiger partial charge in [0.1, 0.15) is 11.6 Å². The summed E-state index contributed by atoms with van der Waals surface area (Å²) in [4.78, 5) is 27.7. The van der Waals surface area contributed by atoms with Crippen LogP contribution in [-0.4, -0.2) is 32.3 Å². The van der Waals surface area contributed by atoms with Crippen LogP contribution in [0.5, 0.6) is 0 Å². The van der Waals surface area contributed by atoms with Crippen LogP contribution in [0.25, 0.3) is 0 Å². The molecule has 1 aliphatic heterocycles. The predicted octanol–water partition coefficient (Wildman–Crippen LogP) is 2.29. The Balaban J connectivity index is 1.58. The van der Waals surface area contributed by atoms with Gasteiger partial charge in [-0.05, 0) is 37.3 Å². The number of hydrogen-bond donors (Lipinski definition) is 1. The lowest BCUT2D eigenvalue weighted by Gasteiger charge is -2.29. The number of aromatic nitrogens is 3. The van der Waals surface area contributed by atoms with Gasteiger partial charge >= 0.3 is 0 Å². The van der Waals surface area contributed by atoms with E-state index in [0.717, 1.165) is 10.7 Å². The molecular formula is C19H19N5O3S. The first-order valence-corrected chi connectivity index (χ1v) is 9.74. The van der Waals surface area contributed by atoms with Crippen LogP contribution in [-0.2, 0) is 24.9 Å². The molecule has 1 N–H and O–H groups in total. The maximum Gasteiger partial charge on any atom is 0.251 e. The molecule has 9 heteroatoms. The molecule has 0 spiro atoms. The number of hydrogen-bond acceptors (Lipinski definition) is 6. The van der Waals surface area contributed by atoms with Crippen LogP contribution in [0.3, 0.4) is 0 Å². The van der Waals surface area contributed by atoms with Gasteiger partial charge in [0.15, 0.2) is 5.82 Å². The minimum absolute atomic E-state index is 0.0219. The summed E-state index contributed by atoms with van der Waals surface area (Å²) in [6, 6.07) is 8.97. The maximum atomic E-state index is 12.6. The highest BCUT2D eigenvalue weighted by atomic mass is 32.2. The van der Waals surface area contributed by atoms with E-state index in [0.29, 0.717) is 41.7 Å². The van der Waals surface area contributed by atoms with Gasteiger partial charge in [-0.15, -0.1) is 22.0 Å². The molecule has 1 aliphatic rings. The zero-order valence-electron chi connectivity index (χ0n) is 15.5. The highest BCUT2D eigenvalue weighted by Crippen LogP contribution is 2.36. The van der Waals surface area contributed by atoms with Gasteiger partial charge in [0, 0.05) is 17.5 Å². The van der Waals surface area contributed by atoms with E-state index in [4.69, 9.17) is 4.42 Å². The summed E-state index contributed by atoms with van der Waals surface area (Å²) < 4.78 is 7.09. The fourth-order valence-electron chi connectivity index (χ4n) is 2.93. The number of benzene rings is 1. The molecule has 144 valence electrons. The van der Waals surface area contributed by atoms with Gasteiger partial charge < -0.3 is 19.2 Å². The van der Waals surface area contributed by atoms with Crippen LogP contribution in [0, 0.1) is 6.92 Å². The SMILES string of the molecule is Cc1nnc(CN2C(=O)CSc3ccc(C(=O)NCc4ccco4)cc32)n1C. The summed E-state index contributed by atoms with van der Waals surface area (Å²) in [7, 11) is 1.87. The Morgan fingerprint density at radius 1 is 1.32 bits per heavy atom. The molecule has 3 aromatic rings. The molecule has 0 fully saturated rings. The van der Waals surface area contributed by atoms with Crippen molar-refractivity contribution in [1.29, 1.82) is 0 Å². The number of amides is 2. The Bertz CT molecular complexity index is 1030. The average molecular weight is 397 g/mol. The molecular weight excluding hydrogens is 378 g/mol. The van der Waals surface area contributed by atoms with Gasteiger partial charge in [-0.1, -0.05) is 0 Å². The largest absolute Gasteiger partial charge is 0.467 e. The molecule has 0 saturated heterocycles. The fraction of sp³-hybridized carbons (Fsp3) is 0.263. The normalized spacial score (nSPS) is 13.5. The molecule has 0 radical (unpaired) electrons. The van der Waals surface area contributed by atoms with Crippen molar-refractivity contribution >= 4 is 29.3 Å². The third-order valence-corrected chi connectivity index (χ3v) is 5.70. The molecule has 0 aliphatic carbocycles. The van der Waals surface area contributed by atoms with E-state index < -0.39 is 0 Å². The number of rotatable bonds is 5. The molecule has 2 amide bonds. The van der Waals surface area contributed by atoms with Gasteiger partial charge in [-0.2, -0.15) is 0 Å². The number of thioether (sulfide) groups is 1. The molecule has 2 aromatic heterocycles. The molecule has 0 unspecified atom stereocenters. The number of carbonyl (C=O) groups excluding carboxylic acids is 2. The minimum Gasteiger partial charge on any atom is -0.467 e. The second-order valence-electron chi connectivity index (χ2n) is 6.44. The van der Waals surface area contributed by atoms with E-state index in [2.05, 4.69) is 15.5 Å². The third kappa shape index (κ3) is 3.53. The number of anilines is 1. The monoisotopic (exact) mass is 397 g/mol. The number of carbonyl (C=O) groups is 2. The van der Waals surface area contributed by atoms with Gasteiger partial charge in [0.05, 0.1) is 30.8 Å². The summed E-state index contributed by atoms with van der Waals surface area (Å²) in [6.45, 7) is 2.47. The summed E-state index contributed by atoms with van der Waals surface area (Å²) in [5.74, 6) is 2.25. The van der Waals surface area contributed by atoms with Crippen molar-refractivity contribution < 1.29 is 14.0 Å². The predicted molar refractivity (Wildman–Crippen MR) is 104 cm³/mol. The lowest BCUT2D eigenvalue weighted by Crippen LogP contribution is -2.36. The Morgan fingerprint density at radius 3 is 2.89 bits per heavy atom. The average Bonchev–Trinajstić information content (AvgIpc) is 3.33. The number of nitrogens with zero attached hydrogens (tertiary/aromatic N) is 4. The molecule has 0 saturated carbocycles. The summed E-state index contributed by atoms with van der Waals surface area (Å²) >= 11 is 1.47. The van der Waals surface area contributed by atoms with Crippen molar-refractivity contribution in [3.8, 4) is 0 Å². The minimum atomic E-state index is -0.225. The highest BCUT2D eigenvalue weighted by molar-refractivity contribution is 8.00. The first-order chi connectivity index (χ1) is 13.5. The van der Waals surface area contributed by atoms with Crippen LogP contribution in [0.15, 0.2) is 45.9 Å². The van der Waals surface area contributed by atoms with E-state index in [9.17, 15) is 9.59 Å². The van der Waals surface area contributed by atoms with E-state index >= 15 is 0 Å². The van der Waals surface area contributed by atoms with Gasteiger partial charge in [0.2, 0.25) is 5.91 Å². The van der Waals surface area contributed by atoms with Crippen LogP contribution < -0.4 is 10.2 Å². The van der Waals surface area contributed by atoms with Crippen LogP contribution in [0.2, 0.25) is 0 Å². The van der Waals surface area contributed by atoms with E-state index in [-0.39, 0.29) is 11.8 Å². The summed E-state index contributed by atoms with van der Waals surface area (Å²) in [5.41, 5.74) is 1.20. The molecule has 0 bridgehead atoms. The molecule has 8 nitrogen and oxygen atoms in total. The van der Waals surface area contributed by atoms with Crippen molar-refractivity contribution in [1.82, 2.24) is 20.1 Å². The van der Waals surface area contributed by atoms with Gasteiger partial charge in [-0.25, -0.2) is 0 Å². The van der Waals surface area contributed by atoms with Gasteiger partial charge in [0.25, 0.3) is 5.91 Å². The number of aryl methyl sites for hydroxylation is 1. The van der Waals surface area contributed by atoms with Crippen molar-refractivity contribution in [2.45, 2.75) is 24.9 Å². The first-order valence-electron chi connectivity index (χ1n) is 8.75. The summed E-state index contributed by atoms with van der Waals surface area (Å²) in [6.07, 6.45) is 1.56. The topological polar surface area (TPSA) is 93.3 Å². The smallest absolute Gasteiger partial charge is 0.251 e. The second-order valence-corrected chi connectivity index (χ2v) is 7.45. The van der Waals surface area contributed by atoms with Crippen molar-refractivity contribution in [3.63, 3.8) is 0 Å². The van der Waals surface area contributed by atoms with Crippen LogP contribution >= 0.6 is 11.8 Å². The Hall–Kier alpha value is -3.07. The highest BCUT2D eigenvalue weighted by Gasteiger charge is 2.27. The lowest BCUT2D eigenvalue weighted by atomic mass is 10.1. The van der Waals surface area contributed by atoms with E-state index in [1.807, 2.05) is 24.6 Å². The Morgan fingerprint density at radius 2 is 2.18 bits per heavy atom. The Labute approximate surface area is 165 Å². The lowest BCUT2D eigenvalue weighted by molar-refractivity contribution is -0.116. The maximum absolute atomic E-state index is 12.6. The van der Waals surface area contributed by atoms with Crippen molar-refractivity contribution in [3.05, 3.63) is 59.6 Å². The fourth-order valence-corrected chi connectivity index (χ4v) is 3.85. The summed E-state index contributed by atoms with van der Waals surface area (Å²) in [5, 5.41) is 11.0. The van der Waals surface area contributed by atoms with Crippen LogP contribution in [0.1, 0.15) is 27.8 Å². The number of furan rings is 1. The van der Waals surface area contributed by atoms with Crippen molar-refractivity contribution in [2.75, 3.05) is 10.7 Å². The van der Waals surface area contributed by atoms with Crippen LogP contribution in [0.4, 0.5) is 5.69 Å². The molecule has 3 heterocycles. The molecule has 4 rings (SSSR count). The Kier molecular flexibility index (Phi) is 4.91. The van der Waals surface area contributed by atoms with Gasteiger partial charge in [-0.3, -0.25) is 9.59 Å².